The second-order valence-corrected chi connectivity index (χ2v) is 4.63. The molecule has 1 aromatic heterocycles. The molecule has 0 saturated heterocycles. The fraction of sp³-hybridized carbons (Fsp3) is 0.250. The van der Waals surface area contributed by atoms with Crippen LogP contribution in [0.5, 0.6) is 0 Å². The van der Waals surface area contributed by atoms with Crippen molar-refractivity contribution in [3.05, 3.63) is 52.3 Å². The molecular weight excluding hydrogens is 266 g/mol. The quantitative estimate of drug-likeness (QED) is 0.933. The first-order valence-electron chi connectivity index (χ1n) is 5.24. The molecule has 4 heteroatoms. The van der Waals surface area contributed by atoms with Gasteiger partial charge >= 0.3 is 0 Å². The van der Waals surface area contributed by atoms with E-state index >= 15 is 0 Å². The largest absolute Gasteiger partial charge is 0.330 e. The minimum Gasteiger partial charge on any atom is -0.330 e. The zero-order valence-corrected chi connectivity index (χ0v) is 10.5. The average molecular weight is 280 g/mol. The summed E-state index contributed by atoms with van der Waals surface area (Å²) in [5.41, 5.74) is 7.93. The molecular formula is C12H14BrN3. The van der Waals surface area contributed by atoms with Gasteiger partial charge in [0.1, 0.15) is 0 Å². The topological polar surface area (TPSA) is 43.8 Å². The summed E-state index contributed by atoms with van der Waals surface area (Å²) < 4.78 is 3.04. The maximum absolute atomic E-state index is 5.50. The summed E-state index contributed by atoms with van der Waals surface area (Å²) in [6.07, 6.45) is 4.82. The summed E-state index contributed by atoms with van der Waals surface area (Å²) >= 11 is 3.42. The number of hydrogen-bond donors (Lipinski definition) is 1. The second-order valence-electron chi connectivity index (χ2n) is 3.71. The van der Waals surface area contributed by atoms with Crippen molar-refractivity contribution < 1.29 is 0 Å². The zero-order chi connectivity index (χ0) is 11.4. The third-order valence-corrected chi connectivity index (χ3v) is 2.91. The fourth-order valence-corrected chi connectivity index (χ4v) is 1.83. The SMILES string of the molecule is NCCc1cnn(Cc2ccc(Br)cc2)c1. The predicted molar refractivity (Wildman–Crippen MR) is 68.2 cm³/mol. The lowest BCUT2D eigenvalue weighted by molar-refractivity contribution is 0.686. The first-order chi connectivity index (χ1) is 7.78. The van der Waals surface area contributed by atoms with E-state index in [1.807, 2.05) is 23.0 Å². The molecule has 0 bridgehead atoms. The lowest BCUT2D eigenvalue weighted by Gasteiger charge is -2.01. The van der Waals surface area contributed by atoms with Crippen molar-refractivity contribution in [2.24, 2.45) is 5.73 Å². The highest BCUT2D eigenvalue weighted by atomic mass is 79.9. The minimum atomic E-state index is 0.671. The standard InChI is InChI=1S/C12H14BrN3/c13-12-3-1-10(2-4-12)8-16-9-11(5-6-14)7-15-16/h1-4,7,9H,5-6,8,14H2. The van der Waals surface area contributed by atoms with Gasteiger partial charge in [-0.3, -0.25) is 4.68 Å². The van der Waals surface area contributed by atoms with Gasteiger partial charge in [-0.1, -0.05) is 28.1 Å². The van der Waals surface area contributed by atoms with E-state index < -0.39 is 0 Å². The van der Waals surface area contributed by atoms with Gasteiger partial charge in [0, 0.05) is 10.7 Å². The number of halogens is 1. The predicted octanol–water partition coefficient (Wildman–Crippen LogP) is 2.20. The van der Waals surface area contributed by atoms with Crippen LogP contribution in [0.1, 0.15) is 11.1 Å². The summed E-state index contributed by atoms with van der Waals surface area (Å²) in [6, 6.07) is 8.27. The molecule has 0 amide bonds. The molecule has 2 N–H and O–H groups in total. The van der Waals surface area contributed by atoms with Crippen LogP contribution in [0.4, 0.5) is 0 Å². The number of rotatable bonds is 4. The van der Waals surface area contributed by atoms with Gasteiger partial charge < -0.3 is 5.73 Å². The van der Waals surface area contributed by atoms with Crippen LogP contribution in [-0.2, 0) is 13.0 Å². The van der Waals surface area contributed by atoms with E-state index in [0.29, 0.717) is 6.54 Å². The van der Waals surface area contributed by atoms with Crippen molar-refractivity contribution in [2.45, 2.75) is 13.0 Å². The van der Waals surface area contributed by atoms with Gasteiger partial charge in [0.2, 0.25) is 0 Å². The zero-order valence-electron chi connectivity index (χ0n) is 8.94. The highest BCUT2D eigenvalue weighted by Gasteiger charge is 1.99. The first kappa shape index (κ1) is 11.4. The second kappa shape index (κ2) is 5.27. The van der Waals surface area contributed by atoms with Crippen LogP contribution >= 0.6 is 15.9 Å². The Morgan fingerprint density at radius 1 is 1.19 bits per heavy atom. The number of aromatic nitrogens is 2. The lowest BCUT2D eigenvalue weighted by Crippen LogP contribution is -2.02. The van der Waals surface area contributed by atoms with E-state index in [2.05, 4.69) is 39.4 Å². The maximum Gasteiger partial charge on any atom is 0.0659 e. The Labute approximate surface area is 103 Å². The van der Waals surface area contributed by atoms with Gasteiger partial charge in [-0.2, -0.15) is 5.10 Å². The van der Waals surface area contributed by atoms with Gasteiger partial charge in [-0.15, -0.1) is 0 Å². The van der Waals surface area contributed by atoms with E-state index in [1.165, 1.54) is 11.1 Å². The maximum atomic E-state index is 5.50. The summed E-state index contributed by atoms with van der Waals surface area (Å²) in [5, 5.41) is 4.30. The molecule has 2 rings (SSSR count). The molecule has 0 aliphatic heterocycles. The molecule has 0 aliphatic rings. The Hall–Kier alpha value is -1.13. The highest BCUT2D eigenvalue weighted by molar-refractivity contribution is 9.10. The van der Waals surface area contributed by atoms with Crippen LogP contribution in [0.2, 0.25) is 0 Å². The van der Waals surface area contributed by atoms with E-state index in [-0.39, 0.29) is 0 Å². The van der Waals surface area contributed by atoms with Crippen LogP contribution in [0.3, 0.4) is 0 Å². The average Bonchev–Trinajstić information content (AvgIpc) is 2.70. The van der Waals surface area contributed by atoms with Gasteiger partial charge in [-0.25, -0.2) is 0 Å². The van der Waals surface area contributed by atoms with Crippen molar-refractivity contribution in [3.8, 4) is 0 Å². The van der Waals surface area contributed by atoms with Crippen LogP contribution in [0, 0.1) is 0 Å². The van der Waals surface area contributed by atoms with E-state index in [4.69, 9.17) is 5.73 Å². The molecule has 1 heterocycles. The molecule has 0 radical (unpaired) electrons. The molecule has 0 aliphatic carbocycles. The Bertz CT molecular complexity index is 448. The molecule has 0 fully saturated rings. The number of benzene rings is 1. The molecule has 0 saturated carbocycles. The highest BCUT2D eigenvalue weighted by Crippen LogP contribution is 2.11. The molecule has 3 nitrogen and oxygen atoms in total. The summed E-state index contributed by atoms with van der Waals surface area (Å²) in [7, 11) is 0. The van der Waals surface area contributed by atoms with Crippen LogP contribution < -0.4 is 5.73 Å². The number of nitrogens with two attached hydrogens (primary N) is 1. The van der Waals surface area contributed by atoms with Crippen molar-refractivity contribution in [1.29, 1.82) is 0 Å². The van der Waals surface area contributed by atoms with E-state index in [9.17, 15) is 0 Å². The number of hydrogen-bond acceptors (Lipinski definition) is 2. The van der Waals surface area contributed by atoms with E-state index in [1.54, 1.807) is 0 Å². The van der Waals surface area contributed by atoms with Crippen LogP contribution in [0.25, 0.3) is 0 Å². The van der Waals surface area contributed by atoms with E-state index in [0.717, 1.165) is 17.4 Å². The van der Waals surface area contributed by atoms with Crippen LogP contribution in [0.15, 0.2) is 41.1 Å². The molecule has 2 aromatic rings. The monoisotopic (exact) mass is 279 g/mol. The van der Waals surface area contributed by atoms with Gasteiger partial charge in [-0.05, 0) is 36.2 Å². The smallest absolute Gasteiger partial charge is 0.0659 e. The summed E-state index contributed by atoms with van der Waals surface area (Å²) in [5.74, 6) is 0. The lowest BCUT2D eigenvalue weighted by atomic mass is 10.2. The minimum absolute atomic E-state index is 0.671. The van der Waals surface area contributed by atoms with Crippen molar-refractivity contribution in [1.82, 2.24) is 9.78 Å². The third-order valence-electron chi connectivity index (χ3n) is 2.38. The van der Waals surface area contributed by atoms with Gasteiger partial charge in [0.05, 0.1) is 12.7 Å². The summed E-state index contributed by atoms with van der Waals surface area (Å²) in [4.78, 5) is 0. The molecule has 0 unspecified atom stereocenters. The normalized spacial score (nSPS) is 10.6. The number of nitrogens with zero attached hydrogens (tertiary/aromatic N) is 2. The Kier molecular flexibility index (Phi) is 3.74. The molecule has 0 spiro atoms. The Balaban J connectivity index is 2.05. The van der Waals surface area contributed by atoms with Crippen LogP contribution in [-0.4, -0.2) is 16.3 Å². The Morgan fingerprint density at radius 2 is 1.94 bits per heavy atom. The van der Waals surface area contributed by atoms with Gasteiger partial charge in [0.25, 0.3) is 0 Å². The molecule has 16 heavy (non-hydrogen) atoms. The summed E-state index contributed by atoms with van der Waals surface area (Å²) in [6.45, 7) is 1.47. The molecule has 0 atom stereocenters. The van der Waals surface area contributed by atoms with Crippen molar-refractivity contribution in [3.63, 3.8) is 0 Å². The first-order valence-corrected chi connectivity index (χ1v) is 6.03. The molecule has 84 valence electrons. The molecule has 1 aromatic carbocycles. The van der Waals surface area contributed by atoms with Crippen molar-refractivity contribution in [2.75, 3.05) is 6.54 Å². The van der Waals surface area contributed by atoms with Crippen molar-refractivity contribution >= 4 is 15.9 Å². The fourth-order valence-electron chi connectivity index (χ4n) is 1.57. The Morgan fingerprint density at radius 3 is 2.62 bits per heavy atom. The van der Waals surface area contributed by atoms with Gasteiger partial charge in [0.15, 0.2) is 0 Å². The third kappa shape index (κ3) is 2.93.